The van der Waals surface area contributed by atoms with Crippen molar-refractivity contribution in [1.29, 1.82) is 0 Å². The van der Waals surface area contributed by atoms with Crippen molar-refractivity contribution in [2.24, 2.45) is 0 Å². The zero-order chi connectivity index (χ0) is 10.1. The first-order valence-electron chi connectivity index (χ1n) is 4.15. The van der Waals surface area contributed by atoms with E-state index in [0.717, 1.165) is 5.52 Å². The van der Waals surface area contributed by atoms with E-state index in [4.69, 9.17) is 0 Å². The fourth-order valence-electron chi connectivity index (χ4n) is 1.47. The molecule has 0 aliphatic heterocycles. The molecule has 4 nitrogen and oxygen atoms in total. The number of carbonyl (C=O) groups is 1. The van der Waals surface area contributed by atoms with Crippen molar-refractivity contribution >= 4 is 16.9 Å². The first kappa shape index (κ1) is 12.7. The summed E-state index contributed by atoms with van der Waals surface area (Å²) in [6.07, 6.45) is 1.46. The van der Waals surface area contributed by atoms with Gasteiger partial charge in [0, 0.05) is 29.5 Å². The van der Waals surface area contributed by atoms with E-state index in [-0.39, 0.29) is 63.6 Å². The SMILES string of the molecule is O=C([O-])Cc1c[nH]c2ccc(O)cc12.[K+]. The van der Waals surface area contributed by atoms with Gasteiger partial charge in [-0.15, -0.1) is 0 Å². The van der Waals surface area contributed by atoms with E-state index in [9.17, 15) is 15.0 Å². The van der Waals surface area contributed by atoms with Crippen molar-refractivity contribution < 1.29 is 66.4 Å². The van der Waals surface area contributed by atoms with Gasteiger partial charge in [-0.1, -0.05) is 0 Å². The van der Waals surface area contributed by atoms with E-state index in [1.165, 1.54) is 6.07 Å². The third-order valence-electron chi connectivity index (χ3n) is 2.09. The summed E-state index contributed by atoms with van der Waals surface area (Å²) >= 11 is 0. The van der Waals surface area contributed by atoms with Gasteiger partial charge in [-0.25, -0.2) is 0 Å². The number of carboxylic acid groups (broad SMARTS) is 1. The maximum absolute atomic E-state index is 10.4. The average molecular weight is 229 g/mol. The predicted octanol–water partition coefficient (Wildman–Crippen LogP) is -2.83. The Morgan fingerprint density at radius 3 is 2.87 bits per heavy atom. The maximum atomic E-state index is 10.4. The molecule has 72 valence electrons. The van der Waals surface area contributed by atoms with Crippen LogP contribution in [0, 0.1) is 0 Å². The zero-order valence-electron chi connectivity index (χ0n) is 8.28. The first-order chi connectivity index (χ1) is 6.66. The molecule has 15 heavy (non-hydrogen) atoms. The van der Waals surface area contributed by atoms with Crippen LogP contribution in [0.2, 0.25) is 0 Å². The quantitative estimate of drug-likeness (QED) is 0.545. The number of nitrogens with one attached hydrogen (secondary N) is 1. The number of aromatic amines is 1. The summed E-state index contributed by atoms with van der Waals surface area (Å²) < 4.78 is 0. The molecule has 1 aromatic heterocycles. The number of fused-ring (bicyclic) bond motifs is 1. The predicted molar refractivity (Wildman–Crippen MR) is 48.7 cm³/mol. The fraction of sp³-hybridized carbons (Fsp3) is 0.100. The number of aromatic hydroxyl groups is 1. The third kappa shape index (κ3) is 2.82. The summed E-state index contributed by atoms with van der Waals surface area (Å²) in [5, 5.41) is 20.4. The molecule has 5 heteroatoms. The Labute approximate surface area is 129 Å². The molecule has 0 aliphatic rings. The Kier molecular flexibility index (Phi) is 4.36. The van der Waals surface area contributed by atoms with E-state index in [2.05, 4.69) is 4.98 Å². The Morgan fingerprint density at radius 2 is 2.20 bits per heavy atom. The summed E-state index contributed by atoms with van der Waals surface area (Å²) in [4.78, 5) is 13.3. The average Bonchev–Trinajstić information content (AvgIpc) is 2.47. The van der Waals surface area contributed by atoms with Crippen molar-refractivity contribution in [2.75, 3.05) is 0 Å². The van der Waals surface area contributed by atoms with Crippen LogP contribution in [0.1, 0.15) is 5.56 Å². The van der Waals surface area contributed by atoms with Gasteiger partial charge in [-0.05, 0) is 23.8 Å². The summed E-state index contributed by atoms with van der Waals surface area (Å²) in [6, 6.07) is 4.77. The molecule has 0 amide bonds. The molecular formula is C10H8KNO3. The Hall–Kier alpha value is -0.334. The van der Waals surface area contributed by atoms with Crippen molar-refractivity contribution in [3.05, 3.63) is 30.0 Å². The molecule has 0 bridgehead atoms. The van der Waals surface area contributed by atoms with Crippen LogP contribution >= 0.6 is 0 Å². The molecule has 0 radical (unpaired) electrons. The topological polar surface area (TPSA) is 76.1 Å². The molecule has 2 aromatic rings. The normalized spacial score (nSPS) is 9.87. The van der Waals surface area contributed by atoms with Gasteiger partial charge in [0.15, 0.2) is 0 Å². The second-order valence-electron chi connectivity index (χ2n) is 3.09. The molecule has 0 saturated carbocycles. The van der Waals surface area contributed by atoms with Gasteiger partial charge >= 0.3 is 51.4 Å². The number of aromatic nitrogens is 1. The van der Waals surface area contributed by atoms with Crippen LogP contribution in [0.4, 0.5) is 0 Å². The van der Waals surface area contributed by atoms with E-state index in [1.54, 1.807) is 18.3 Å². The molecule has 0 fully saturated rings. The number of rotatable bonds is 2. The van der Waals surface area contributed by atoms with Gasteiger partial charge in [0.2, 0.25) is 0 Å². The largest absolute Gasteiger partial charge is 1.00 e. The van der Waals surface area contributed by atoms with Gasteiger partial charge in [0.1, 0.15) is 5.75 Å². The minimum absolute atomic E-state index is 0. The fourth-order valence-corrected chi connectivity index (χ4v) is 1.47. The maximum Gasteiger partial charge on any atom is 1.00 e. The van der Waals surface area contributed by atoms with Crippen LogP contribution < -0.4 is 56.5 Å². The number of H-pyrrole nitrogens is 1. The number of hydrogen-bond acceptors (Lipinski definition) is 3. The first-order valence-corrected chi connectivity index (χ1v) is 4.15. The monoisotopic (exact) mass is 229 g/mol. The number of hydrogen-bond donors (Lipinski definition) is 2. The van der Waals surface area contributed by atoms with Crippen LogP contribution in [0.3, 0.4) is 0 Å². The number of aliphatic carboxylic acids is 1. The summed E-state index contributed by atoms with van der Waals surface area (Å²) in [6.45, 7) is 0. The molecule has 0 spiro atoms. The number of carbonyl (C=O) groups excluding carboxylic acids is 1. The summed E-state index contributed by atoms with van der Waals surface area (Å²) in [5.41, 5.74) is 1.43. The zero-order valence-corrected chi connectivity index (χ0v) is 11.4. The van der Waals surface area contributed by atoms with Crippen LogP contribution in [-0.4, -0.2) is 16.1 Å². The van der Waals surface area contributed by atoms with Gasteiger partial charge in [-0.3, -0.25) is 0 Å². The van der Waals surface area contributed by atoms with Crippen molar-refractivity contribution in [1.82, 2.24) is 4.98 Å². The second-order valence-corrected chi connectivity index (χ2v) is 3.09. The smallest absolute Gasteiger partial charge is 0.550 e. The van der Waals surface area contributed by atoms with Gasteiger partial charge in [0.25, 0.3) is 0 Å². The van der Waals surface area contributed by atoms with Crippen LogP contribution in [-0.2, 0) is 11.2 Å². The van der Waals surface area contributed by atoms with Gasteiger partial charge < -0.3 is 20.0 Å². The van der Waals surface area contributed by atoms with Crippen LogP contribution in [0.25, 0.3) is 10.9 Å². The molecule has 0 saturated heterocycles. The van der Waals surface area contributed by atoms with Gasteiger partial charge in [-0.2, -0.15) is 0 Å². The summed E-state index contributed by atoms with van der Waals surface area (Å²) in [5.74, 6) is -1.01. The standard InChI is InChI=1S/C10H9NO3.K/c12-7-1-2-9-8(4-7)6(5-11-9)3-10(13)14;/h1-2,4-5,11-12H,3H2,(H,13,14);/q;+1/p-1. The Balaban J connectivity index is 0.00000112. The van der Waals surface area contributed by atoms with Crippen LogP contribution in [0.15, 0.2) is 24.4 Å². The van der Waals surface area contributed by atoms with Crippen molar-refractivity contribution in [3.63, 3.8) is 0 Å². The van der Waals surface area contributed by atoms with Crippen molar-refractivity contribution in [3.8, 4) is 5.75 Å². The number of phenols is 1. The molecule has 1 aromatic carbocycles. The molecule has 0 unspecified atom stereocenters. The van der Waals surface area contributed by atoms with E-state index >= 15 is 0 Å². The van der Waals surface area contributed by atoms with E-state index < -0.39 is 5.97 Å². The second kappa shape index (κ2) is 5.13. The molecule has 0 aliphatic carbocycles. The number of phenolic OH excluding ortho intramolecular Hbond substituents is 1. The molecular weight excluding hydrogens is 221 g/mol. The summed E-state index contributed by atoms with van der Waals surface area (Å²) in [7, 11) is 0. The van der Waals surface area contributed by atoms with E-state index in [0.29, 0.717) is 10.9 Å². The molecule has 2 N–H and O–H groups in total. The number of benzene rings is 1. The molecule has 0 atom stereocenters. The minimum atomic E-state index is -1.13. The Bertz CT molecular complexity index is 492. The van der Waals surface area contributed by atoms with Crippen LogP contribution in [0.5, 0.6) is 5.75 Å². The third-order valence-corrected chi connectivity index (χ3v) is 2.09. The van der Waals surface area contributed by atoms with Gasteiger partial charge in [0.05, 0.1) is 0 Å². The number of carboxylic acids is 1. The molecule has 2 rings (SSSR count). The molecule has 1 heterocycles. The Morgan fingerprint density at radius 1 is 1.47 bits per heavy atom. The van der Waals surface area contributed by atoms with Crippen molar-refractivity contribution in [2.45, 2.75) is 6.42 Å². The minimum Gasteiger partial charge on any atom is -0.550 e. The van der Waals surface area contributed by atoms with E-state index in [1.807, 2.05) is 0 Å².